The summed E-state index contributed by atoms with van der Waals surface area (Å²) >= 11 is 0. The van der Waals surface area contributed by atoms with E-state index in [1.807, 2.05) is 0 Å². The number of aliphatic hydroxyl groups is 5. The number of carbonyl (C=O) groups is 1. The van der Waals surface area contributed by atoms with Gasteiger partial charge in [-0.15, -0.1) is 0 Å². The SMILES string of the molecule is CCCCCCCCCCCCCCCCCCCCCCC(O)C(=O)NC(COC1OC(CO)C(O)C(OS(=O)(=O)O)C1O)C(O)CCCCCCCCCCCCCCCCCCCCC. The summed E-state index contributed by atoms with van der Waals surface area (Å²) < 4.78 is 47.8. The third-order valence-electron chi connectivity index (χ3n) is 14.0. The number of rotatable bonds is 50. The highest BCUT2D eigenvalue weighted by atomic mass is 32.3. The van der Waals surface area contributed by atoms with Crippen molar-refractivity contribution in [3.63, 3.8) is 0 Å². The molecule has 1 rings (SSSR count). The number of hydrogen-bond donors (Lipinski definition) is 7. The molecule has 406 valence electrons. The number of amides is 1. The molecule has 0 aliphatic carbocycles. The molecule has 0 saturated carbocycles. The van der Waals surface area contributed by atoms with Crippen molar-refractivity contribution in [2.24, 2.45) is 0 Å². The lowest BCUT2D eigenvalue weighted by molar-refractivity contribution is -0.298. The molecule has 7 N–H and O–H groups in total. The molecule has 0 aromatic rings. The maximum Gasteiger partial charge on any atom is 0.397 e. The molecule has 1 aliphatic heterocycles. The zero-order valence-corrected chi connectivity index (χ0v) is 44.4. The zero-order chi connectivity index (χ0) is 49.9. The van der Waals surface area contributed by atoms with E-state index < -0.39 is 78.5 Å². The number of unbranched alkanes of at least 4 members (excludes halogenated alkanes) is 37. The molecular weight excluding hydrogens is 887 g/mol. The van der Waals surface area contributed by atoms with Crippen molar-refractivity contribution in [1.82, 2.24) is 5.32 Å². The summed E-state index contributed by atoms with van der Waals surface area (Å²) in [6, 6.07) is -1.03. The van der Waals surface area contributed by atoms with Crippen LogP contribution < -0.4 is 5.32 Å². The monoisotopic (exact) mass is 994 g/mol. The summed E-state index contributed by atoms with van der Waals surface area (Å²) in [6.45, 7) is 3.34. The molecule has 0 aromatic carbocycles. The van der Waals surface area contributed by atoms with E-state index in [4.69, 9.17) is 9.47 Å². The molecular formula is C54H107NO12S. The minimum Gasteiger partial charge on any atom is -0.394 e. The van der Waals surface area contributed by atoms with Crippen molar-refractivity contribution >= 4 is 16.3 Å². The van der Waals surface area contributed by atoms with Gasteiger partial charge in [-0.3, -0.25) is 9.35 Å². The Labute approximate surface area is 416 Å². The Hall–Kier alpha value is -0.940. The van der Waals surface area contributed by atoms with Crippen LogP contribution in [-0.2, 0) is 28.9 Å². The Kier molecular flexibility index (Phi) is 42.8. The van der Waals surface area contributed by atoms with Crippen LogP contribution in [-0.4, -0.2) is 107 Å². The van der Waals surface area contributed by atoms with Gasteiger partial charge in [-0.1, -0.05) is 264 Å². The molecule has 0 spiro atoms. The highest BCUT2D eigenvalue weighted by Gasteiger charge is 2.48. The minimum atomic E-state index is -5.11. The Morgan fingerprint density at radius 2 is 0.853 bits per heavy atom. The maximum absolute atomic E-state index is 13.2. The normalized spacial score (nSPS) is 20.1. The van der Waals surface area contributed by atoms with Crippen LogP contribution in [0.2, 0.25) is 0 Å². The summed E-state index contributed by atoms with van der Waals surface area (Å²) in [6.07, 6.45) is 38.5. The zero-order valence-electron chi connectivity index (χ0n) is 43.6. The van der Waals surface area contributed by atoms with Gasteiger partial charge in [-0.25, -0.2) is 4.18 Å². The predicted molar refractivity (Wildman–Crippen MR) is 275 cm³/mol. The van der Waals surface area contributed by atoms with Crippen molar-refractivity contribution in [2.75, 3.05) is 13.2 Å². The van der Waals surface area contributed by atoms with Gasteiger partial charge in [-0.2, -0.15) is 8.42 Å². The van der Waals surface area contributed by atoms with E-state index in [0.29, 0.717) is 19.3 Å². The molecule has 1 heterocycles. The lowest BCUT2D eigenvalue weighted by Gasteiger charge is -2.41. The highest BCUT2D eigenvalue weighted by Crippen LogP contribution is 2.26. The standard InChI is InChI=1S/C54H107NO12S/c1-3-5-7-9-11-13-15-17-19-21-23-25-27-29-31-33-35-37-39-41-43-48(58)53(61)55-46(45-65-54-51(60)52(67-68(62,63)64)50(59)49(44-56)66-54)47(57)42-40-38-36-34-32-30-28-26-24-22-20-18-16-14-12-10-8-6-4-2/h46-52,54,56-60H,3-45H2,1-2H3,(H,55,61)(H,62,63,64). The van der Waals surface area contributed by atoms with E-state index in [0.717, 1.165) is 38.5 Å². The van der Waals surface area contributed by atoms with Crippen molar-refractivity contribution in [3.8, 4) is 0 Å². The van der Waals surface area contributed by atoms with Crippen molar-refractivity contribution in [1.29, 1.82) is 0 Å². The smallest absolute Gasteiger partial charge is 0.394 e. The third-order valence-corrected chi connectivity index (χ3v) is 14.5. The number of hydrogen-bond acceptors (Lipinski definition) is 11. The molecule has 68 heavy (non-hydrogen) atoms. The van der Waals surface area contributed by atoms with Gasteiger partial charge in [0.1, 0.15) is 30.5 Å². The minimum absolute atomic E-state index is 0.267. The first-order valence-corrected chi connectivity index (χ1v) is 29.9. The van der Waals surface area contributed by atoms with Crippen LogP contribution in [0.1, 0.15) is 277 Å². The predicted octanol–water partition coefficient (Wildman–Crippen LogP) is 11.9. The van der Waals surface area contributed by atoms with E-state index in [9.17, 15) is 43.3 Å². The Morgan fingerprint density at radius 1 is 0.529 bits per heavy atom. The quantitative estimate of drug-likeness (QED) is 0.0224. The molecule has 8 atom stereocenters. The van der Waals surface area contributed by atoms with Gasteiger partial charge in [0.15, 0.2) is 6.29 Å². The summed E-state index contributed by atoms with van der Waals surface area (Å²) in [5, 5.41) is 55.7. The summed E-state index contributed by atoms with van der Waals surface area (Å²) in [5.41, 5.74) is 0. The molecule has 1 saturated heterocycles. The number of nitrogens with one attached hydrogen (secondary N) is 1. The van der Waals surface area contributed by atoms with Gasteiger partial charge < -0.3 is 40.3 Å². The maximum atomic E-state index is 13.2. The molecule has 1 aliphatic rings. The van der Waals surface area contributed by atoms with Gasteiger partial charge in [0.05, 0.1) is 25.4 Å². The van der Waals surface area contributed by atoms with Crippen LogP contribution in [0.4, 0.5) is 0 Å². The van der Waals surface area contributed by atoms with Crippen LogP contribution in [0.5, 0.6) is 0 Å². The van der Waals surface area contributed by atoms with E-state index in [2.05, 4.69) is 23.3 Å². The Morgan fingerprint density at radius 3 is 1.18 bits per heavy atom. The van der Waals surface area contributed by atoms with E-state index in [-0.39, 0.29) is 6.42 Å². The van der Waals surface area contributed by atoms with Crippen LogP contribution >= 0.6 is 0 Å². The van der Waals surface area contributed by atoms with E-state index in [1.165, 1.54) is 199 Å². The molecule has 0 aromatic heterocycles. The molecule has 13 nitrogen and oxygen atoms in total. The highest BCUT2D eigenvalue weighted by molar-refractivity contribution is 7.80. The fraction of sp³-hybridized carbons (Fsp3) is 0.981. The fourth-order valence-corrected chi connectivity index (χ4v) is 10.0. The van der Waals surface area contributed by atoms with Crippen molar-refractivity contribution < 1.29 is 57.0 Å². The number of aliphatic hydroxyl groups excluding tert-OH is 5. The molecule has 0 bridgehead atoms. The second kappa shape index (κ2) is 44.7. The van der Waals surface area contributed by atoms with Gasteiger partial charge in [0.25, 0.3) is 0 Å². The van der Waals surface area contributed by atoms with Gasteiger partial charge in [-0.05, 0) is 12.8 Å². The van der Waals surface area contributed by atoms with Crippen LogP contribution in [0.3, 0.4) is 0 Å². The van der Waals surface area contributed by atoms with E-state index in [1.54, 1.807) is 0 Å². The second-order valence-electron chi connectivity index (χ2n) is 20.4. The first-order valence-electron chi connectivity index (χ1n) is 28.5. The van der Waals surface area contributed by atoms with Crippen molar-refractivity contribution in [2.45, 2.75) is 326 Å². The second-order valence-corrected chi connectivity index (χ2v) is 21.4. The molecule has 1 amide bonds. The molecule has 1 fully saturated rings. The summed E-state index contributed by atoms with van der Waals surface area (Å²) in [5.74, 6) is -0.662. The van der Waals surface area contributed by atoms with Gasteiger partial charge in [0.2, 0.25) is 5.91 Å². The van der Waals surface area contributed by atoms with Crippen LogP contribution in [0, 0.1) is 0 Å². The Balaban J connectivity index is 2.41. The first kappa shape index (κ1) is 65.1. The molecule has 8 unspecified atom stereocenters. The lowest BCUT2D eigenvalue weighted by atomic mass is 9.99. The third kappa shape index (κ3) is 36.0. The first-order chi connectivity index (χ1) is 32.9. The average Bonchev–Trinajstić information content (AvgIpc) is 3.31. The number of ether oxygens (including phenoxy) is 2. The topological polar surface area (TPSA) is 212 Å². The Bertz CT molecular complexity index is 1230. The average molecular weight is 995 g/mol. The summed E-state index contributed by atoms with van der Waals surface area (Å²) in [7, 11) is -5.11. The van der Waals surface area contributed by atoms with Crippen molar-refractivity contribution in [3.05, 3.63) is 0 Å². The molecule has 0 radical (unpaired) electrons. The van der Waals surface area contributed by atoms with E-state index >= 15 is 0 Å². The summed E-state index contributed by atoms with van der Waals surface area (Å²) in [4.78, 5) is 13.2. The van der Waals surface area contributed by atoms with Gasteiger partial charge in [0, 0.05) is 0 Å². The van der Waals surface area contributed by atoms with Gasteiger partial charge >= 0.3 is 10.4 Å². The molecule has 14 heteroatoms. The largest absolute Gasteiger partial charge is 0.397 e. The van der Waals surface area contributed by atoms with Crippen LogP contribution in [0.25, 0.3) is 0 Å². The fourth-order valence-electron chi connectivity index (χ4n) is 9.53. The van der Waals surface area contributed by atoms with Crippen LogP contribution in [0.15, 0.2) is 0 Å². The lowest BCUT2D eigenvalue weighted by Crippen LogP contribution is -2.61. The number of carbonyl (C=O) groups excluding carboxylic acids is 1.